The number of halogens is 4. The first-order valence-electron chi connectivity index (χ1n) is 9.68. The fraction of sp³-hybridized carbons (Fsp3) is 0.318. The molecule has 5 nitrogen and oxygen atoms in total. The number of hydrogen-bond acceptors (Lipinski definition) is 4. The lowest BCUT2D eigenvalue weighted by Gasteiger charge is -2.21. The number of fused-ring (bicyclic) bond motifs is 1. The molecular formula is C22H23ClF3N3O2. The largest absolute Gasteiger partial charge is 0.471 e. The standard InChI is InChI=1S/C22H23ClF3N3O2/c1-14(28-31-2)16-5-3-15(4-6-16)13-27-20-18-10-12-29(21(30)22(24,25)26)11-9-17(18)7-8-19(20)23/h3-8,27-28H,1,9-13H2,2H3. The summed E-state index contributed by atoms with van der Waals surface area (Å²) < 4.78 is 38.5. The van der Waals surface area contributed by atoms with E-state index < -0.39 is 12.1 Å². The number of amides is 1. The Morgan fingerprint density at radius 2 is 1.84 bits per heavy atom. The number of anilines is 1. The van der Waals surface area contributed by atoms with E-state index in [2.05, 4.69) is 17.4 Å². The molecule has 2 aromatic rings. The van der Waals surface area contributed by atoms with Gasteiger partial charge in [0.2, 0.25) is 0 Å². The molecule has 166 valence electrons. The second-order valence-electron chi connectivity index (χ2n) is 7.19. The lowest BCUT2D eigenvalue weighted by molar-refractivity contribution is -0.185. The van der Waals surface area contributed by atoms with Crippen LogP contribution in [0.5, 0.6) is 0 Å². The molecule has 2 N–H and O–H groups in total. The molecule has 1 aliphatic heterocycles. The molecule has 3 rings (SSSR count). The van der Waals surface area contributed by atoms with Gasteiger partial charge in [-0.15, -0.1) is 0 Å². The van der Waals surface area contributed by atoms with Crippen LogP contribution in [-0.2, 0) is 29.0 Å². The van der Waals surface area contributed by atoms with Crippen molar-refractivity contribution < 1.29 is 22.8 Å². The number of alkyl halides is 3. The minimum Gasteiger partial charge on any atom is -0.380 e. The van der Waals surface area contributed by atoms with Gasteiger partial charge in [0.25, 0.3) is 0 Å². The van der Waals surface area contributed by atoms with Crippen molar-refractivity contribution in [1.29, 1.82) is 0 Å². The number of nitrogens with zero attached hydrogens (tertiary/aromatic N) is 1. The van der Waals surface area contributed by atoms with Gasteiger partial charge in [0.15, 0.2) is 0 Å². The SMILES string of the molecule is C=C(NOC)c1ccc(CNc2c(Cl)ccc3c2CCN(C(=O)C(F)(F)F)CC3)cc1. The van der Waals surface area contributed by atoms with E-state index in [9.17, 15) is 18.0 Å². The molecule has 1 aliphatic rings. The van der Waals surface area contributed by atoms with E-state index in [1.807, 2.05) is 30.3 Å². The summed E-state index contributed by atoms with van der Waals surface area (Å²) in [5.41, 5.74) is 7.62. The van der Waals surface area contributed by atoms with E-state index in [1.54, 1.807) is 6.07 Å². The maximum Gasteiger partial charge on any atom is 0.471 e. The number of hydrogen-bond donors (Lipinski definition) is 2. The van der Waals surface area contributed by atoms with Crippen molar-refractivity contribution >= 4 is 28.9 Å². The molecule has 0 unspecified atom stereocenters. The summed E-state index contributed by atoms with van der Waals surface area (Å²) in [4.78, 5) is 17.3. The van der Waals surface area contributed by atoms with E-state index in [-0.39, 0.29) is 13.1 Å². The Labute approximate surface area is 183 Å². The zero-order chi connectivity index (χ0) is 22.6. The van der Waals surface area contributed by atoms with Crippen LogP contribution in [0.15, 0.2) is 43.0 Å². The summed E-state index contributed by atoms with van der Waals surface area (Å²) in [7, 11) is 1.51. The Morgan fingerprint density at radius 1 is 1.16 bits per heavy atom. The van der Waals surface area contributed by atoms with Crippen LogP contribution in [0.4, 0.5) is 18.9 Å². The fourth-order valence-electron chi connectivity index (χ4n) is 3.57. The van der Waals surface area contributed by atoms with Gasteiger partial charge < -0.3 is 10.2 Å². The highest BCUT2D eigenvalue weighted by atomic mass is 35.5. The van der Waals surface area contributed by atoms with Gasteiger partial charge in [-0.05, 0) is 41.2 Å². The molecule has 0 bridgehead atoms. The lowest BCUT2D eigenvalue weighted by atomic mass is 10.0. The minimum absolute atomic E-state index is 0.0102. The topological polar surface area (TPSA) is 53.6 Å². The van der Waals surface area contributed by atoms with E-state index in [1.165, 1.54) is 7.11 Å². The first-order valence-corrected chi connectivity index (χ1v) is 10.1. The highest BCUT2D eigenvalue weighted by molar-refractivity contribution is 6.33. The molecule has 0 radical (unpaired) electrons. The van der Waals surface area contributed by atoms with Crippen molar-refractivity contribution in [1.82, 2.24) is 10.4 Å². The smallest absolute Gasteiger partial charge is 0.380 e. The average molecular weight is 454 g/mol. The second-order valence-corrected chi connectivity index (χ2v) is 7.59. The molecule has 0 fully saturated rings. The predicted molar refractivity (Wildman–Crippen MR) is 114 cm³/mol. The molecule has 0 saturated carbocycles. The molecule has 0 atom stereocenters. The van der Waals surface area contributed by atoms with Gasteiger partial charge in [0, 0.05) is 19.6 Å². The van der Waals surface area contributed by atoms with Crippen molar-refractivity contribution in [2.24, 2.45) is 0 Å². The van der Waals surface area contributed by atoms with Gasteiger partial charge in [0.05, 0.1) is 23.5 Å². The Kier molecular flexibility index (Phi) is 7.12. The second kappa shape index (κ2) is 9.62. The molecule has 0 spiro atoms. The highest BCUT2D eigenvalue weighted by Crippen LogP contribution is 2.32. The summed E-state index contributed by atoms with van der Waals surface area (Å²) >= 11 is 6.40. The van der Waals surface area contributed by atoms with Crippen LogP contribution in [0, 0.1) is 0 Å². The van der Waals surface area contributed by atoms with Crippen LogP contribution in [-0.4, -0.2) is 37.2 Å². The van der Waals surface area contributed by atoms with Gasteiger partial charge in [-0.1, -0.05) is 48.5 Å². The van der Waals surface area contributed by atoms with E-state index in [4.69, 9.17) is 16.4 Å². The molecule has 31 heavy (non-hydrogen) atoms. The number of nitrogens with one attached hydrogen (secondary N) is 2. The maximum absolute atomic E-state index is 12.8. The zero-order valence-corrected chi connectivity index (χ0v) is 17.7. The minimum atomic E-state index is -4.87. The zero-order valence-electron chi connectivity index (χ0n) is 17.0. The summed E-state index contributed by atoms with van der Waals surface area (Å²) in [6, 6.07) is 11.2. The normalized spacial score (nSPS) is 13.9. The quantitative estimate of drug-likeness (QED) is 0.629. The third kappa shape index (κ3) is 5.51. The first-order chi connectivity index (χ1) is 14.7. The Morgan fingerprint density at radius 3 is 2.48 bits per heavy atom. The van der Waals surface area contributed by atoms with Gasteiger partial charge in [-0.3, -0.25) is 15.1 Å². The van der Waals surface area contributed by atoms with Crippen LogP contribution in [0.1, 0.15) is 22.3 Å². The van der Waals surface area contributed by atoms with Crippen molar-refractivity contribution in [2.75, 3.05) is 25.5 Å². The van der Waals surface area contributed by atoms with Crippen molar-refractivity contribution in [3.8, 4) is 0 Å². The van der Waals surface area contributed by atoms with E-state index in [0.29, 0.717) is 35.8 Å². The Bertz CT molecular complexity index is 962. The van der Waals surface area contributed by atoms with Crippen LogP contribution in [0.25, 0.3) is 5.70 Å². The van der Waals surface area contributed by atoms with Crippen LogP contribution >= 0.6 is 11.6 Å². The summed E-state index contributed by atoms with van der Waals surface area (Å²) in [6.07, 6.45) is -4.24. The van der Waals surface area contributed by atoms with Crippen LogP contribution in [0.2, 0.25) is 5.02 Å². The van der Waals surface area contributed by atoms with Gasteiger partial charge >= 0.3 is 12.1 Å². The maximum atomic E-state index is 12.8. The number of hydroxylamine groups is 1. The molecule has 1 amide bonds. The fourth-order valence-corrected chi connectivity index (χ4v) is 3.81. The molecule has 1 heterocycles. The predicted octanol–water partition coefficient (Wildman–Crippen LogP) is 4.56. The lowest BCUT2D eigenvalue weighted by Crippen LogP contribution is -2.42. The Balaban J connectivity index is 1.73. The molecule has 0 saturated heterocycles. The monoisotopic (exact) mass is 453 g/mol. The average Bonchev–Trinajstić information content (AvgIpc) is 2.95. The molecule has 2 aromatic carbocycles. The molecule has 0 aromatic heterocycles. The summed E-state index contributed by atoms with van der Waals surface area (Å²) in [5, 5.41) is 3.80. The molecule has 0 aliphatic carbocycles. The van der Waals surface area contributed by atoms with E-state index >= 15 is 0 Å². The van der Waals surface area contributed by atoms with Crippen LogP contribution in [0.3, 0.4) is 0 Å². The molecule has 9 heteroatoms. The number of carbonyl (C=O) groups is 1. The summed E-state index contributed by atoms with van der Waals surface area (Å²) in [5.74, 6) is -1.80. The van der Waals surface area contributed by atoms with Gasteiger partial charge in [-0.2, -0.15) is 13.2 Å². The van der Waals surface area contributed by atoms with Crippen LogP contribution < -0.4 is 10.8 Å². The number of carbonyl (C=O) groups excluding carboxylic acids is 1. The van der Waals surface area contributed by atoms with Gasteiger partial charge in [0.1, 0.15) is 0 Å². The van der Waals surface area contributed by atoms with Crippen molar-refractivity contribution in [3.05, 3.63) is 70.3 Å². The number of rotatable bonds is 6. The van der Waals surface area contributed by atoms with E-state index in [0.717, 1.165) is 27.2 Å². The third-order valence-corrected chi connectivity index (χ3v) is 5.48. The highest BCUT2D eigenvalue weighted by Gasteiger charge is 2.42. The molecular weight excluding hydrogens is 431 g/mol. The van der Waals surface area contributed by atoms with Crippen molar-refractivity contribution in [2.45, 2.75) is 25.6 Å². The first kappa shape index (κ1) is 23.0. The summed E-state index contributed by atoms with van der Waals surface area (Å²) in [6.45, 7) is 4.36. The Hall–Kier alpha value is -2.71. The third-order valence-electron chi connectivity index (χ3n) is 5.17. The van der Waals surface area contributed by atoms with Crippen molar-refractivity contribution in [3.63, 3.8) is 0 Å². The van der Waals surface area contributed by atoms with Gasteiger partial charge in [-0.25, -0.2) is 0 Å². The number of benzene rings is 2.